The third-order valence-corrected chi connectivity index (χ3v) is 8.86. The van der Waals surface area contributed by atoms with Crippen LogP contribution < -0.4 is 0 Å². The van der Waals surface area contributed by atoms with Crippen molar-refractivity contribution in [3.63, 3.8) is 0 Å². The number of nitrogens with zero attached hydrogens (tertiary/aromatic N) is 4. The number of fused-ring (bicyclic) bond motifs is 2. The first-order valence-electron chi connectivity index (χ1n) is 13.3. The maximum atomic E-state index is 14.6. The molecule has 0 radical (unpaired) electrons. The highest BCUT2D eigenvalue weighted by Crippen LogP contribution is 2.37. The van der Waals surface area contributed by atoms with Crippen molar-refractivity contribution >= 4 is 49.8 Å². The number of alkyl halides is 1. The van der Waals surface area contributed by atoms with Crippen LogP contribution >= 0.6 is 11.3 Å². The van der Waals surface area contributed by atoms with Crippen LogP contribution in [-0.4, -0.2) is 43.3 Å². The predicted molar refractivity (Wildman–Crippen MR) is 152 cm³/mol. The van der Waals surface area contributed by atoms with Crippen molar-refractivity contribution in [2.45, 2.75) is 45.3 Å². The molecule has 6 rings (SSSR count). The number of hydrogen-bond acceptors (Lipinski definition) is 7. The van der Waals surface area contributed by atoms with E-state index in [0.717, 1.165) is 37.3 Å². The smallest absolute Gasteiger partial charge is 0.161 e. The Bertz CT molecular complexity index is 1710. The molecule has 9 heteroatoms. The fraction of sp³-hybridized carbons (Fsp3) is 0.290. The van der Waals surface area contributed by atoms with Gasteiger partial charge in [0.15, 0.2) is 11.6 Å². The van der Waals surface area contributed by atoms with Crippen LogP contribution in [0.2, 0.25) is 0 Å². The molecule has 1 unspecified atom stereocenters. The highest BCUT2D eigenvalue weighted by molar-refractivity contribution is 7.18. The van der Waals surface area contributed by atoms with E-state index in [9.17, 15) is 18.8 Å². The van der Waals surface area contributed by atoms with Crippen LogP contribution in [0.3, 0.4) is 0 Å². The summed E-state index contributed by atoms with van der Waals surface area (Å²) in [6, 6.07) is 15.3. The van der Waals surface area contributed by atoms with E-state index < -0.39 is 18.0 Å². The molecule has 202 valence electrons. The van der Waals surface area contributed by atoms with Gasteiger partial charge in [0.25, 0.3) is 0 Å². The largest absolute Gasteiger partial charge is 0.339 e. The van der Waals surface area contributed by atoms with E-state index in [1.807, 2.05) is 48.5 Å². The van der Waals surface area contributed by atoms with E-state index in [4.69, 9.17) is 0 Å². The molecule has 1 aliphatic carbocycles. The molecule has 0 N–H and O–H groups in total. The van der Waals surface area contributed by atoms with Gasteiger partial charge in [-0.15, -0.1) is 11.3 Å². The predicted octanol–water partition coefficient (Wildman–Crippen LogP) is 6.05. The van der Waals surface area contributed by atoms with E-state index in [1.54, 1.807) is 34.5 Å². The Morgan fingerprint density at radius 1 is 1.00 bits per heavy atom. The van der Waals surface area contributed by atoms with Gasteiger partial charge in [0.1, 0.15) is 12.0 Å². The third-order valence-electron chi connectivity index (χ3n) is 7.76. The molecule has 3 aromatic heterocycles. The Morgan fingerprint density at radius 2 is 1.80 bits per heavy atom. The first kappa shape index (κ1) is 26.1. The van der Waals surface area contributed by atoms with Crippen molar-refractivity contribution < 1.29 is 18.8 Å². The van der Waals surface area contributed by atoms with E-state index in [2.05, 4.69) is 15.2 Å². The standard InChI is InChI=1S/C31H27FN4O3S/c1-18(37)25-16-36(27-7-6-19(12-22(25)27)20-10-11-33-34-15-20)17-29(39)24-14-21(32)13-23(24)28(38)8-9-31-35-26-4-2-3-5-30(26)40-31/h2-7,10-12,15-16,21,23-24H,8-9,13-14,17H2,1H3/t21-,23-,24?/m1/s1. The van der Waals surface area contributed by atoms with Crippen molar-refractivity contribution in [1.29, 1.82) is 0 Å². The number of rotatable bonds is 9. The van der Waals surface area contributed by atoms with Gasteiger partial charge >= 0.3 is 0 Å². The number of aryl methyl sites for hydroxylation is 1. The van der Waals surface area contributed by atoms with Crippen LogP contribution in [-0.2, 0) is 22.6 Å². The number of Topliss-reactive ketones (excluding diaryl/α,β-unsaturated/α-hetero) is 3. The van der Waals surface area contributed by atoms with Crippen molar-refractivity contribution in [2.24, 2.45) is 11.8 Å². The van der Waals surface area contributed by atoms with Gasteiger partial charge in [-0.25, -0.2) is 9.37 Å². The zero-order valence-electron chi connectivity index (χ0n) is 21.9. The van der Waals surface area contributed by atoms with Crippen LogP contribution in [0, 0.1) is 11.8 Å². The molecule has 40 heavy (non-hydrogen) atoms. The Hall–Kier alpha value is -4.11. The molecule has 3 atom stereocenters. The van der Waals surface area contributed by atoms with E-state index in [0.29, 0.717) is 12.0 Å². The van der Waals surface area contributed by atoms with Crippen molar-refractivity contribution in [3.8, 4) is 11.1 Å². The maximum Gasteiger partial charge on any atom is 0.161 e. The maximum absolute atomic E-state index is 14.6. The van der Waals surface area contributed by atoms with Gasteiger partial charge in [-0.1, -0.05) is 18.2 Å². The summed E-state index contributed by atoms with van der Waals surface area (Å²) in [7, 11) is 0. The van der Waals surface area contributed by atoms with Gasteiger partial charge in [-0.05, 0) is 55.7 Å². The summed E-state index contributed by atoms with van der Waals surface area (Å²) in [4.78, 5) is 43.8. The fourth-order valence-corrected chi connectivity index (χ4v) is 6.73. The van der Waals surface area contributed by atoms with Gasteiger partial charge in [0.05, 0.1) is 34.2 Å². The highest BCUT2D eigenvalue weighted by atomic mass is 32.1. The van der Waals surface area contributed by atoms with Crippen molar-refractivity contribution in [2.75, 3.05) is 0 Å². The first-order chi connectivity index (χ1) is 19.4. The zero-order chi connectivity index (χ0) is 27.8. The highest BCUT2D eigenvalue weighted by Gasteiger charge is 2.42. The zero-order valence-corrected chi connectivity index (χ0v) is 22.7. The lowest BCUT2D eigenvalue weighted by Gasteiger charge is -2.17. The summed E-state index contributed by atoms with van der Waals surface area (Å²) in [6.07, 6.45) is 4.59. The molecule has 0 aliphatic heterocycles. The van der Waals surface area contributed by atoms with Gasteiger partial charge in [-0.2, -0.15) is 10.2 Å². The molecule has 2 aromatic carbocycles. The summed E-state index contributed by atoms with van der Waals surface area (Å²) in [5.41, 5.74) is 3.88. The molecule has 1 saturated carbocycles. The number of benzene rings is 2. The molecule has 0 saturated heterocycles. The average Bonchev–Trinajstić information content (AvgIpc) is 3.66. The number of para-hydroxylation sites is 1. The number of halogens is 1. The molecule has 5 aromatic rings. The number of carbonyl (C=O) groups is 3. The molecule has 0 bridgehead atoms. The number of aromatic nitrogens is 4. The number of thiazole rings is 1. The second-order valence-corrected chi connectivity index (χ2v) is 11.5. The third kappa shape index (κ3) is 5.09. The summed E-state index contributed by atoms with van der Waals surface area (Å²) in [5.74, 6) is -1.72. The SMILES string of the molecule is CC(=O)c1cn(CC(=O)C2C[C@H](F)C[C@H]2C(=O)CCc2nc3ccccc3s2)c2ccc(-c3ccnnc3)cc12. The lowest BCUT2D eigenvalue weighted by molar-refractivity contribution is -0.131. The van der Waals surface area contributed by atoms with Gasteiger partial charge in [-0.3, -0.25) is 14.4 Å². The Balaban J connectivity index is 1.21. The molecule has 1 fully saturated rings. The van der Waals surface area contributed by atoms with Crippen LogP contribution in [0.1, 0.15) is 41.6 Å². The second kappa shape index (κ2) is 10.8. The summed E-state index contributed by atoms with van der Waals surface area (Å²) in [6.45, 7) is 1.46. The number of ketones is 3. The molecule has 7 nitrogen and oxygen atoms in total. The van der Waals surface area contributed by atoms with Crippen molar-refractivity contribution in [3.05, 3.63) is 77.7 Å². The van der Waals surface area contributed by atoms with Gasteiger partial charge in [0, 0.05) is 52.9 Å². The Labute approximate surface area is 234 Å². The number of hydrogen-bond donors (Lipinski definition) is 0. The Morgan fingerprint density at radius 3 is 2.55 bits per heavy atom. The molecule has 0 amide bonds. The quantitative estimate of drug-likeness (QED) is 0.206. The normalized spacial score (nSPS) is 18.9. The number of carbonyl (C=O) groups excluding carboxylic acids is 3. The first-order valence-corrected chi connectivity index (χ1v) is 14.1. The topological polar surface area (TPSA) is 94.8 Å². The summed E-state index contributed by atoms with van der Waals surface area (Å²) >= 11 is 1.55. The minimum Gasteiger partial charge on any atom is -0.339 e. The monoisotopic (exact) mass is 554 g/mol. The van der Waals surface area contributed by atoms with Gasteiger partial charge in [0.2, 0.25) is 0 Å². The van der Waals surface area contributed by atoms with E-state index >= 15 is 0 Å². The van der Waals surface area contributed by atoms with Crippen LogP contribution in [0.5, 0.6) is 0 Å². The molecule has 3 heterocycles. The minimum atomic E-state index is -1.18. The molecular weight excluding hydrogens is 527 g/mol. The summed E-state index contributed by atoms with van der Waals surface area (Å²) < 4.78 is 17.4. The van der Waals surface area contributed by atoms with E-state index in [1.165, 1.54) is 6.92 Å². The molecule has 0 spiro atoms. The van der Waals surface area contributed by atoms with Crippen molar-refractivity contribution in [1.82, 2.24) is 19.7 Å². The Kier molecular flexibility index (Phi) is 7.06. The molecule has 1 aliphatic rings. The fourth-order valence-electron chi connectivity index (χ4n) is 5.76. The van der Waals surface area contributed by atoms with Crippen LogP contribution in [0.25, 0.3) is 32.2 Å². The minimum absolute atomic E-state index is 0.0288. The summed E-state index contributed by atoms with van der Waals surface area (Å²) in [5, 5.41) is 9.34. The van der Waals surface area contributed by atoms with E-state index in [-0.39, 0.29) is 43.2 Å². The lowest BCUT2D eigenvalue weighted by atomic mass is 9.86. The second-order valence-electron chi connectivity index (χ2n) is 10.4. The van der Waals surface area contributed by atoms with Crippen LogP contribution in [0.4, 0.5) is 4.39 Å². The van der Waals surface area contributed by atoms with Crippen LogP contribution in [0.15, 0.2) is 67.1 Å². The molecular formula is C31H27FN4O3S. The van der Waals surface area contributed by atoms with Gasteiger partial charge < -0.3 is 4.57 Å². The average molecular weight is 555 g/mol. The lowest BCUT2D eigenvalue weighted by Crippen LogP contribution is -2.28.